The zero-order chi connectivity index (χ0) is 12.8. The van der Waals surface area contributed by atoms with Gasteiger partial charge in [0.2, 0.25) is 0 Å². The standard InChI is InChI=1S/C14H14N2O2/c1-14(6-7-14)16-12-9-4-2-3-5-11(9)15-8-10(12)13(17)18/h2-5,8H,6-7H2,1H3,(H,15,16)(H,17,18). The molecule has 1 heterocycles. The smallest absolute Gasteiger partial charge is 0.339 e. The molecule has 1 saturated carbocycles. The quantitative estimate of drug-likeness (QED) is 0.868. The second-order valence-corrected chi connectivity index (χ2v) is 5.05. The van der Waals surface area contributed by atoms with Crippen molar-refractivity contribution in [1.29, 1.82) is 0 Å². The van der Waals surface area contributed by atoms with Crippen LogP contribution in [0.25, 0.3) is 10.9 Å². The highest BCUT2D eigenvalue weighted by molar-refractivity contribution is 6.04. The molecule has 0 atom stereocenters. The highest BCUT2D eigenvalue weighted by atomic mass is 16.4. The van der Waals surface area contributed by atoms with Crippen LogP contribution in [0.4, 0.5) is 5.69 Å². The zero-order valence-electron chi connectivity index (χ0n) is 10.1. The summed E-state index contributed by atoms with van der Waals surface area (Å²) in [5.41, 5.74) is 1.78. The molecule has 1 aromatic carbocycles. The number of nitrogens with zero attached hydrogens (tertiary/aromatic N) is 1. The summed E-state index contributed by atoms with van der Waals surface area (Å²) in [7, 11) is 0. The van der Waals surface area contributed by atoms with Crippen molar-refractivity contribution >= 4 is 22.6 Å². The van der Waals surface area contributed by atoms with Gasteiger partial charge in [-0.05, 0) is 25.8 Å². The molecule has 92 valence electrons. The number of para-hydroxylation sites is 1. The van der Waals surface area contributed by atoms with Gasteiger partial charge in [-0.1, -0.05) is 18.2 Å². The Labute approximate surface area is 105 Å². The molecule has 3 rings (SSSR count). The van der Waals surface area contributed by atoms with Crippen molar-refractivity contribution in [2.24, 2.45) is 0 Å². The number of hydrogen-bond donors (Lipinski definition) is 2. The summed E-state index contributed by atoms with van der Waals surface area (Å²) in [5, 5.41) is 13.5. The maximum atomic E-state index is 11.3. The number of carbonyl (C=O) groups is 1. The van der Waals surface area contributed by atoms with E-state index in [1.54, 1.807) is 0 Å². The Hall–Kier alpha value is -2.10. The molecule has 4 nitrogen and oxygen atoms in total. The molecule has 0 amide bonds. The third-order valence-electron chi connectivity index (χ3n) is 3.43. The predicted octanol–water partition coefficient (Wildman–Crippen LogP) is 2.90. The van der Waals surface area contributed by atoms with Gasteiger partial charge >= 0.3 is 5.97 Å². The molecule has 0 unspecified atom stereocenters. The van der Waals surface area contributed by atoms with E-state index in [2.05, 4.69) is 17.2 Å². The van der Waals surface area contributed by atoms with Crippen LogP contribution in [-0.4, -0.2) is 21.6 Å². The monoisotopic (exact) mass is 242 g/mol. The van der Waals surface area contributed by atoms with Crippen LogP contribution in [0.15, 0.2) is 30.5 Å². The number of carboxylic acids is 1. The number of aromatic carboxylic acids is 1. The Morgan fingerprint density at radius 2 is 2.11 bits per heavy atom. The van der Waals surface area contributed by atoms with Gasteiger partial charge in [-0.2, -0.15) is 0 Å². The van der Waals surface area contributed by atoms with Gasteiger partial charge in [0, 0.05) is 17.1 Å². The molecule has 2 N–H and O–H groups in total. The van der Waals surface area contributed by atoms with Crippen LogP contribution >= 0.6 is 0 Å². The molecule has 1 aliphatic carbocycles. The molecule has 2 aromatic rings. The van der Waals surface area contributed by atoms with E-state index in [9.17, 15) is 9.90 Å². The average Bonchev–Trinajstić information content (AvgIpc) is 3.07. The minimum absolute atomic E-state index is 0.0360. The molecule has 1 aliphatic rings. The Morgan fingerprint density at radius 1 is 1.39 bits per heavy atom. The van der Waals surface area contributed by atoms with E-state index in [1.165, 1.54) is 6.20 Å². The highest BCUT2D eigenvalue weighted by Crippen LogP contribution is 2.40. The van der Waals surface area contributed by atoms with Crippen LogP contribution in [0.2, 0.25) is 0 Å². The minimum Gasteiger partial charge on any atom is -0.478 e. The number of aromatic nitrogens is 1. The average molecular weight is 242 g/mol. The van der Waals surface area contributed by atoms with Crippen molar-refractivity contribution in [3.63, 3.8) is 0 Å². The number of hydrogen-bond acceptors (Lipinski definition) is 3. The summed E-state index contributed by atoms with van der Waals surface area (Å²) in [4.78, 5) is 15.5. The van der Waals surface area contributed by atoms with Gasteiger partial charge < -0.3 is 10.4 Å². The van der Waals surface area contributed by atoms with Crippen LogP contribution in [0.3, 0.4) is 0 Å². The van der Waals surface area contributed by atoms with Gasteiger partial charge in [-0.15, -0.1) is 0 Å². The largest absolute Gasteiger partial charge is 0.478 e. The van der Waals surface area contributed by atoms with Crippen LogP contribution in [0.1, 0.15) is 30.1 Å². The predicted molar refractivity (Wildman–Crippen MR) is 70.0 cm³/mol. The van der Waals surface area contributed by atoms with Gasteiger partial charge in [0.15, 0.2) is 0 Å². The Kier molecular flexibility index (Phi) is 2.26. The fourth-order valence-corrected chi connectivity index (χ4v) is 2.05. The van der Waals surface area contributed by atoms with Crippen molar-refractivity contribution in [2.45, 2.75) is 25.3 Å². The first kappa shape index (κ1) is 11.0. The maximum absolute atomic E-state index is 11.3. The lowest BCUT2D eigenvalue weighted by Gasteiger charge is -2.17. The molecule has 0 spiro atoms. The topological polar surface area (TPSA) is 62.2 Å². The number of benzene rings is 1. The first-order valence-electron chi connectivity index (χ1n) is 5.98. The van der Waals surface area contributed by atoms with Crippen LogP contribution in [-0.2, 0) is 0 Å². The zero-order valence-corrected chi connectivity index (χ0v) is 10.1. The number of fused-ring (bicyclic) bond motifs is 1. The molecule has 1 aromatic heterocycles. The van der Waals surface area contributed by atoms with E-state index in [1.807, 2.05) is 24.3 Å². The van der Waals surface area contributed by atoms with Crippen LogP contribution in [0, 0.1) is 0 Å². The van der Waals surface area contributed by atoms with Crippen molar-refractivity contribution in [3.05, 3.63) is 36.0 Å². The third-order valence-corrected chi connectivity index (χ3v) is 3.43. The van der Waals surface area contributed by atoms with Gasteiger partial charge in [-0.25, -0.2) is 4.79 Å². The van der Waals surface area contributed by atoms with Crippen molar-refractivity contribution in [2.75, 3.05) is 5.32 Å². The van der Waals surface area contributed by atoms with Gasteiger partial charge in [0.1, 0.15) is 5.56 Å². The fourth-order valence-electron chi connectivity index (χ4n) is 2.05. The Morgan fingerprint density at radius 3 is 2.78 bits per heavy atom. The molecule has 0 bridgehead atoms. The van der Waals surface area contributed by atoms with E-state index < -0.39 is 5.97 Å². The molecule has 1 fully saturated rings. The number of pyridine rings is 1. The van der Waals surface area contributed by atoms with E-state index in [4.69, 9.17) is 0 Å². The summed E-state index contributed by atoms with van der Waals surface area (Å²) < 4.78 is 0. The van der Waals surface area contributed by atoms with Gasteiger partial charge in [0.05, 0.1) is 11.2 Å². The lowest BCUT2D eigenvalue weighted by molar-refractivity contribution is 0.0697. The second-order valence-electron chi connectivity index (χ2n) is 5.05. The summed E-state index contributed by atoms with van der Waals surface area (Å²) in [6.45, 7) is 2.10. The Bertz CT molecular complexity index is 633. The molecule has 4 heteroatoms. The van der Waals surface area contributed by atoms with Crippen molar-refractivity contribution in [3.8, 4) is 0 Å². The van der Waals surface area contributed by atoms with Crippen LogP contribution < -0.4 is 5.32 Å². The number of anilines is 1. The first-order chi connectivity index (χ1) is 8.59. The molecular formula is C14H14N2O2. The van der Waals surface area contributed by atoms with E-state index in [0.717, 1.165) is 23.7 Å². The third kappa shape index (κ3) is 1.79. The lowest BCUT2D eigenvalue weighted by atomic mass is 10.1. The summed E-state index contributed by atoms with van der Waals surface area (Å²) in [6.07, 6.45) is 3.57. The molecular weight excluding hydrogens is 228 g/mol. The minimum atomic E-state index is -0.944. The summed E-state index contributed by atoms with van der Waals surface area (Å²) in [6, 6.07) is 7.60. The van der Waals surface area contributed by atoms with E-state index in [-0.39, 0.29) is 11.1 Å². The normalized spacial score (nSPS) is 16.5. The summed E-state index contributed by atoms with van der Waals surface area (Å²) >= 11 is 0. The van der Waals surface area contributed by atoms with E-state index in [0.29, 0.717) is 5.69 Å². The van der Waals surface area contributed by atoms with Crippen molar-refractivity contribution in [1.82, 2.24) is 4.98 Å². The first-order valence-corrected chi connectivity index (χ1v) is 5.98. The number of carboxylic acid groups (broad SMARTS) is 1. The summed E-state index contributed by atoms with van der Waals surface area (Å²) in [5.74, 6) is -0.944. The molecule has 0 radical (unpaired) electrons. The highest BCUT2D eigenvalue weighted by Gasteiger charge is 2.38. The molecule has 0 saturated heterocycles. The SMILES string of the molecule is CC1(Nc2c(C(=O)O)cnc3ccccc23)CC1. The number of rotatable bonds is 3. The Balaban J connectivity index is 2.21. The second kappa shape index (κ2) is 3.70. The van der Waals surface area contributed by atoms with Crippen molar-refractivity contribution < 1.29 is 9.90 Å². The van der Waals surface area contributed by atoms with Crippen LogP contribution in [0.5, 0.6) is 0 Å². The maximum Gasteiger partial charge on any atom is 0.339 e. The van der Waals surface area contributed by atoms with E-state index >= 15 is 0 Å². The number of nitrogens with one attached hydrogen (secondary N) is 1. The van der Waals surface area contributed by atoms with Gasteiger partial charge in [-0.3, -0.25) is 4.98 Å². The molecule has 0 aliphatic heterocycles. The fraction of sp³-hybridized carbons (Fsp3) is 0.286. The van der Waals surface area contributed by atoms with Gasteiger partial charge in [0.25, 0.3) is 0 Å². The lowest BCUT2D eigenvalue weighted by Crippen LogP contribution is -2.19. The molecule has 18 heavy (non-hydrogen) atoms.